The number of carbonyl (C=O) groups is 2. The number of benzene rings is 1. The number of nitrogens with zero attached hydrogens (tertiary/aromatic N) is 1. The fourth-order valence-electron chi connectivity index (χ4n) is 2.14. The van der Waals surface area contributed by atoms with Gasteiger partial charge in [-0.15, -0.1) is 6.58 Å². The van der Waals surface area contributed by atoms with Gasteiger partial charge in [0.2, 0.25) is 0 Å². The average Bonchev–Trinajstić information content (AvgIpc) is 3.09. The van der Waals surface area contributed by atoms with Gasteiger partial charge in [-0.1, -0.05) is 18.2 Å². The van der Waals surface area contributed by atoms with Crippen LogP contribution in [0.1, 0.15) is 5.76 Å². The summed E-state index contributed by atoms with van der Waals surface area (Å²) < 4.78 is 18.9. The second kappa shape index (κ2) is 6.26. The summed E-state index contributed by atoms with van der Waals surface area (Å²) in [5.74, 6) is 0.184. The Hall–Kier alpha value is -2.60. The van der Waals surface area contributed by atoms with Crippen LogP contribution in [-0.2, 0) is 4.79 Å². The van der Waals surface area contributed by atoms with Crippen LogP contribution in [0, 0.1) is 5.82 Å². The Bertz CT molecular complexity index is 825. The molecule has 0 radical (unpaired) electrons. The number of halogens is 1. The molecule has 6 heteroatoms. The Morgan fingerprint density at radius 3 is 2.83 bits per heavy atom. The molecule has 0 saturated carbocycles. The largest absolute Gasteiger partial charge is 0.457 e. The lowest BCUT2D eigenvalue weighted by Crippen LogP contribution is -2.27. The molecular formula is C17H12FNO3S. The molecule has 116 valence electrons. The van der Waals surface area contributed by atoms with E-state index in [1.54, 1.807) is 24.3 Å². The van der Waals surface area contributed by atoms with Gasteiger partial charge in [0.05, 0.1) is 4.91 Å². The summed E-state index contributed by atoms with van der Waals surface area (Å²) >= 11 is 0.855. The summed E-state index contributed by atoms with van der Waals surface area (Å²) in [5.41, 5.74) is 0.601. The fraction of sp³-hybridized carbons (Fsp3) is 0.0588. The van der Waals surface area contributed by atoms with E-state index in [9.17, 15) is 14.0 Å². The van der Waals surface area contributed by atoms with E-state index < -0.39 is 0 Å². The Morgan fingerprint density at radius 1 is 1.26 bits per heavy atom. The third-order valence-electron chi connectivity index (χ3n) is 3.19. The first kappa shape index (κ1) is 15.3. The van der Waals surface area contributed by atoms with Crippen LogP contribution < -0.4 is 0 Å². The van der Waals surface area contributed by atoms with Gasteiger partial charge in [-0.25, -0.2) is 4.39 Å². The van der Waals surface area contributed by atoms with E-state index in [0.29, 0.717) is 17.1 Å². The summed E-state index contributed by atoms with van der Waals surface area (Å²) in [6, 6.07) is 9.39. The third kappa shape index (κ3) is 3.12. The highest BCUT2D eigenvalue weighted by molar-refractivity contribution is 8.18. The highest BCUT2D eigenvalue weighted by atomic mass is 32.2. The number of rotatable bonds is 4. The number of carbonyl (C=O) groups excluding carboxylic acids is 2. The van der Waals surface area contributed by atoms with Crippen LogP contribution in [0.3, 0.4) is 0 Å². The molecular weight excluding hydrogens is 317 g/mol. The monoisotopic (exact) mass is 329 g/mol. The van der Waals surface area contributed by atoms with Crippen molar-refractivity contribution in [2.75, 3.05) is 6.54 Å². The van der Waals surface area contributed by atoms with Crippen molar-refractivity contribution in [2.45, 2.75) is 0 Å². The topological polar surface area (TPSA) is 50.5 Å². The molecule has 1 aromatic heterocycles. The molecule has 2 amide bonds. The number of furan rings is 1. The van der Waals surface area contributed by atoms with Gasteiger partial charge in [-0.05, 0) is 36.0 Å². The zero-order chi connectivity index (χ0) is 16.4. The minimum atomic E-state index is -0.372. The summed E-state index contributed by atoms with van der Waals surface area (Å²) in [5, 5.41) is -0.335. The van der Waals surface area contributed by atoms with Crippen LogP contribution in [0.15, 0.2) is 58.4 Å². The first-order valence-corrected chi connectivity index (χ1v) is 7.62. The lowest BCUT2D eigenvalue weighted by atomic mass is 10.2. The molecule has 1 saturated heterocycles. The SMILES string of the molecule is C=CCN1C(=O)SC(=Cc2ccc(-c3cccc(F)c3)o2)C1=O. The van der Waals surface area contributed by atoms with Crippen LogP contribution >= 0.6 is 11.8 Å². The summed E-state index contributed by atoms with van der Waals surface area (Å²) in [4.78, 5) is 25.3. The molecule has 23 heavy (non-hydrogen) atoms. The van der Waals surface area contributed by atoms with E-state index in [0.717, 1.165) is 16.7 Å². The highest BCUT2D eigenvalue weighted by Gasteiger charge is 2.34. The molecule has 2 heterocycles. The second-order valence-corrected chi connectivity index (χ2v) is 5.79. The molecule has 4 nitrogen and oxygen atoms in total. The van der Waals surface area contributed by atoms with Gasteiger partial charge >= 0.3 is 0 Å². The first-order chi connectivity index (χ1) is 11.1. The number of hydrogen-bond donors (Lipinski definition) is 0. The normalized spacial score (nSPS) is 16.4. The van der Waals surface area contributed by atoms with E-state index in [1.807, 2.05) is 0 Å². The van der Waals surface area contributed by atoms with Gasteiger partial charge in [0.1, 0.15) is 17.3 Å². The lowest BCUT2D eigenvalue weighted by Gasteiger charge is -2.07. The first-order valence-electron chi connectivity index (χ1n) is 6.80. The predicted molar refractivity (Wildman–Crippen MR) is 87.0 cm³/mol. The maximum Gasteiger partial charge on any atom is 0.293 e. The van der Waals surface area contributed by atoms with E-state index in [1.165, 1.54) is 24.3 Å². The third-order valence-corrected chi connectivity index (χ3v) is 4.10. The molecule has 0 aliphatic carbocycles. The maximum atomic E-state index is 13.2. The minimum absolute atomic E-state index is 0.175. The summed E-state index contributed by atoms with van der Waals surface area (Å²) in [6.07, 6.45) is 3.00. The molecule has 0 bridgehead atoms. The Labute approximate surface area is 136 Å². The van der Waals surface area contributed by atoms with Crippen LogP contribution in [-0.4, -0.2) is 22.6 Å². The van der Waals surface area contributed by atoms with Crippen LogP contribution in [0.25, 0.3) is 17.4 Å². The van der Waals surface area contributed by atoms with Crippen molar-refractivity contribution in [1.29, 1.82) is 0 Å². The van der Waals surface area contributed by atoms with Gasteiger partial charge in [0, 0.05) is 18.2 Å². The fourth-order valence-corrected chi connectivity index (χ4v) is 2.97. The van der Waals surface area contributed by atoms with Crippen molar-refractivity contribution in [1.82, 2.24) is 4.90 Å². The molecule has 0 unspecified atom stereocenters. The average molecular weight is 329 g/mol. The summed E-state index contributed by atoms with van der Waals surface area (Å²) in [7, 11) is 0. The van der Waals surface area contributed by atoms with Crippen LogP contribution in [0.4, 0.5) is 9.18 Å². The molecule has 0 N–H and O–H groups in total. The molecule has 1 aromatic carbocycles. The Morgan fingerprint density at radius 2 is 2.09 bits per heavy atom. The summed E-state index contributed by atoms with van der Waals surface area (Å²) in [6.45, 7) is 3.70. The van der Waals surface area contributed by atoms with E-state index in [-0.39, 0.29) is 28.4 Å². The van der Waals surface area contributed by atoms with Gasteiger partial charge in [0.25, 0.3) is 11.1 Å². The number of imide groups is 1. The van der Waals surface area contributed by atoms with Crippen molar-refractivity contribution >= 4 is 29.0 Å². The maximum absolute atomic E-state index is 13.2. The molecule has 1 aliphatic rings. The zero-order valence-electron chi connectivity index (χ0n) is 12.0. The Kier molecular flexibility index (Phi) is 4.16. The predicted octanol–water partition coefficient (Wildman–Crippen LogP) is 4.31. The van der Waals surface area contributed by atoms with Crippen molar-refractivity contribution in [3.63, 3.8) is 0 Å². The number of thioether (sulfide) groups is 1. The van der Waals surface area contributed by atoms with Crippen molar-refractivity contribution < 1.29 is 18.4 Å². The van der Waals surface area contributed by atoms with E-state index in [4.69, 9.17) is 4.42 Å². The lowest BCUT2D eigenvalue weighted by molar-refractivity contribution is -0.122. The van der Waals surface area contributed by atoms with Gasteiger partial charge in [-0.3, -0.25) is 14.5 Å². The molecule has 2 aromatic rings. The minimum Gasteiger partial charge on any atom is -0.457 e. The molecule has 1 aliphatic heterocycles. The second-order valence-electron chi connectivity index (χ2n) is 4.79. The number of amides is 2. The highest BCUT2D eigenvalue weighted by Crippen LogP contribution is 2.33. The van der Waals surface area contributed by atoms with Gasteiger partial charge in [-0.2, -0.15) is 0 Å². The zero-order valence-corrected chi connectivity index (χ0v) is 12.8. The molecule has 3 rings (SSSR count). The molecule has 1 fully saturated rings. The quantitative estimate of drug-likeness (QED) is 0.619. The van der Waals surface area contributed by atoms with Crippen LogP contribution in [0.5, 0.6) is 0 Å². The standard InChI is InChI=1S/C17H12FNO3S/c1-2-8-19-16(20)15(23-17(19)21)10-13-6-7-14(22-13)11-4-3-5-12(18)9-11/h2-7,9-10H,1,8H2. The van der Waals surface area contributed by atoms with E-state index >= 15 is 0 Å². The van der Waals surface area contributed by atoms with Gasteiger partial charge in [0.15, 0.2) is 0 Å². The van der Waals surface area contributed by atoms with Crippen molar-refractivity contribution in [2.24, 2.45) is 0 Å². The molecule has 0 atom stereocenters. The van der Waals surface area contributed by atoms with Crippen molar-refractivity contribution in [3.05, 3.63) is 65.5 Å². The number of hydrogen-bond acceptors (Lipinski definition) is 4. The van der Waals surface area contributed by atoms with Crippen molar-refractivity contribution in [3.8, 4) is 11.3 Å². The van der Waals surface area contributed by atoms with E-state index in [2.05, 4.69) is 6.58 Å². The van der Waals surface area contributed by atoms with Gasteiger partial charge < -0.3 is 4.42 Å². The smallest absolute Gasteiger partial charge is 0.293 e. The van der Waals surface area contributed by atoms with Crippen LogP contribution in [0.2, 0.25) is 0 Å². The molecule has 0 spiro atoms. The Balaban J connectivity index is 1.85.